The summed E-state index contributed by atoms with van der Waals surface area (Å²) in [5.74, 6) is -0.511. The smallest absolute Gasteiger partial charge is 0.408 e. The van der Waals surface area contributed by atoms with Crippen LogP contribution >= 0.6 is 12.4 Å². The topological polar surface area (TPSA) is 98.5 Å². The molecule has 0 spiro atoms. The normalized spacial score (nSPS) is 17.5. The summed E-state index contributed by atoms with van der Waals surface area (Å²) in [6.45, 7) is 0.834. The molecule has 0 amide bonds. The van der Waals surface area contributed by atoms with Crippen molar-refractivity contribution in [2.24, 2.45) is 12.8 Å². The molecule has 1 aromatic carbocycles. The molecule has 0 radical (unpaired) electrons. The Hall–Kier alpha value is -1.35. The Labute approximate surface area is 134 Å². The standard InChI is InChI=1S/C13H17N3O4S.ClH/c1-15-11-3-2-10(8-12(11)20-13(15)17)21(18,19)16-6-4-9(14)5-7-16;/h2-3,8-9H,4-7,14H2,1H3;1H. The maximum atomic E-state index is 12.6. The molecule has 1 saturated heterocycles. The van der Waals surface area contributed by atoms with Gasteiger partial charge in [0.25, 0.3) is 0 Å². The fourth-order valence-electron chi connectivity index (χ4n) is 2.54. The van der Waals surface area contributed by atoms with E-state index in [9.17, 15) is 13.2 Å². The van der Waals surface area contributed by atoms with Crippen LogP contribution in [0.5, 0.6) is 0 Å². The first kappa shape index (κ1) is 17.0. The van der Waals surface area contributed by atoms with Gasteiger partial charge >= 0.3 is 5.76 Å². The Morgan fingerprint density at radius 1 is 1.27 bits per heavy atom. The van der Waals surface area contributed by atoms with Crippen LogP contribution in [-0.2, 0) is 17.1 Å². The minimum Gasteiger partial charge on any atom is -0.408 e. The van der Waals surface area contributed by atoms with Gasteiger partial charge < -0.3 is 10.2 Å². The van der Waals surface area contributed by atoms with Crippen LogP contribution in [0.1, 0.15) is 12.8 Å². The van der Waals surface area contributed by atoms with Crippen LogP contribution in [0.2, 0.25) is 0 Å². The number of aryl methyl sites for hydroxylation is 1. The number of rotatable bonds is 2. The van der Waals surface area contributed by atoms with E-state index >= 15 is 0 Å². The zero-order valence-electron chi connectivity index (χ0n) is 12.1. The van der Waals surface area contributed by atoms with E-state index in [0.717, 1.165) is 0 Å². The molecule has 0 bridgehead atoms. The molecule has 22 heavy (non-hydrogen) atoms. The number of aromatic nitrogens is 1. The van der Waals surface area contributed by atoms with Crippen molar-refractivity contribution in [1.82, 2.24) is 8.87 Å². The quantitative estimate of drug-likeness (QED) is 0.860. The molecule has 3 rings (SSSR count). The van der Waals surface area contributed by atoms with Crippen molar-refractivity contribution >= 4 is 33.5 Å². The van der Waals surface area contributed by atoms with Crippen molar-refractivity contribution in [2.75, 3.05) is 13.1 Å². The fourth-order valence-corrected chi connectivity index (χ4v) is 4.03. The average molecular weight is 348 g/mol. The zero-order chi connectivity index (χ0) is 15.2. The van der Waals surface area contributed by atoms with E-state index in [1.165, 1.54) is 21.0 Å². The van der Waals surface area contributed by atoms with E-state index < -0.39 is 15.8 Å². The first-order valence-electron chi connectivity index (χ1n) is 6.75. The third kappa shape index (κ3) is 2.79. The highest BCUT2D eigenvalue weighted by Crippen LogP contribution is 2.23. The van der Waals surface area contributed by atoms with E-state index in [1.54, 1.807) is 13.1 Å². The van der Waals surface area contributed by atoms with Crippen LogP contribution in [0.15, 0.2) is 32.3 Å². The van der Waals surface area contributed by atoms with Crippen molar-refractivity contribution < 1.29 is 12.8 Å². The molecular formula is C13H18ClN3O4S. The van der Waals surface area contributed by atoms with E-state index in [2.05, 4.69) is 0 Å². The molecule has 1 aromatic heterocycles. The molecule has 1 aliphatic rings. The largest absolute Gasteiger partial charge is 0.419 e. The van der Waals surface area contributed by atoms with Gasteiger partial charge in [0, 0.05) is 32.2 Å². The fraction of sp³-hybridized carbons (Fsp3) is 0.462. The van der Waals surface area contributed by atoms with Gasteiger partial charge in [0.2, 0.25) is 10.0 Å². The van der Waals surface area contributed by atoms with Crippen LogP contribution in [0.4, 0.5) is 0 Å². The number of nitrogens with two attached hydrogens (primary N) is 1. The molecule has 1 aliphatic heterocycles. The molecule has 2 N–H and O–H groups in total. The molecule has 122 valence electrons. The Morgan fingerprint density at radius 2 is 1.91 bits per heavy atom. The second-order valence-corrected chi connectivity index (χ2v) is 7.24. The van der Waals surface area contributed by atoms with Crippen LogP contribution in [0.3, 0.4) is 0 Å². The summed E-state index contributed by atoms with van der Waals surface area (Å²) in [5, 5.41) is 0. The van der Waals surface area contributed by atoms with Gasteiger partial charge in [-0.2, -0.15) is 4.31 Å². The Morgan fingerprint density at radius 3 is 2.55 bits per heavy atom. The third-order valence-corrected chi connectivity index (χ3v) is 5.79. The number of halogens is 1. The summed E-state index contributed by atoms with van der Waals surface area (Å²) in [6.07, 6.45) is 1.31. The Bertz CT molecular complexity index is 835. The molecule has 2 aromatic rings. The first-order chi connectivity index (χ1) is 9.89. The van der Waals surface area contributed by atoms with E-state index in [0.29, 0.717) is 31.4 Å². The lowest BCUT2D eigenvalue weighted by Crippen LogP contribution is -2.42. The second kappa shape index (κ2) is 6.04. The molecule has 0 atom stereocenters. The van der Waals surface area contributed by atoms with E-state index in [4.69, 9.17) is 10.2 Å². The predicted molar refractivity (Wildman–Crippen MR) is 84.7 cm³/mol. The third-order valence-electron chi connectivity index (χ3n) is 3.90. The van der Waals surface area contributed by atoms with Crippen LogP contribution < -0.4 is 11.5 Å². The summed E-state index contributed by atoms with van der Waals surface area (Å²) < 4.78 is 33.0. The lowest BCUT2D eigenvalue weighted by Gasteiger charge is -2.29. The first-order valence-corrected chi connectivity index (χ1v) is 8.19. The molecule has 1 fully saturated rings. The van der Waals surface area contributed by atoms with Gasteiger partial charge in [0.05, 0.1) is 10.4 Å². The van der Waals surface area contributed by atoms with Gasteiger partial charge in [0.15, 0.2) is 5.58 Å². The molecule has 7 nitrogen and oxygen atoms in total. The number of hydrogen-bond acceptors (Lipinski definition) is 5. The predicted octanol–water partition coefficient (Wildman–Crippen LogP) is 0.665. The summed E-state index contributed by atoms with van der Waals surface area (Å²) in [7, 11) is -2.00. The Kier molecular flexibility index (Phi) is 4.67. The van der Waals surface area contributed by atoms with E-state index in [1.807, 2.05) is 0 Å². The van der Waals surface area contributed by atoms with Crippen molar-refractivity contribution in [1.29, 1.82) is 0 Å². The summed E-state index contributed by atoms with van der Waals surface area (Å²) in [6, 6.07) is 4.55. The van der Waals surface area contributed by atoms with Crippen LogP contribution in [0.25, 0.3) is 11.1 Å². The highest BCUT2D eigenvalue weighted by Gasteiger charge is 2.28. The monoisotopic (exact) mass is 347 g/mol. The highest BCUT2D eigenvalue weighted by atomic mass is 35.5. The van der Waals surface area contributed by atoms with Gasteiger partial charge in [-0.3, -0.25) is 4.57 Å². The van der Waals surface area contributed by atoms with Crippen molar-refractivity contribution in [2.45, 2.75) is 23.8 Å². The summed E-state index contributed by atoms with van der Waals surface area (Å²) in [4.78, 5) is 11.6. The molecule has 0 saturated carbocycles. The lowest BCUT2D eigenvalue weighted by molar-refractivity contribution is 0.320. The van der Waals surface area contributed by atoms with Crippen molar-refractivity contribution in [3.63, 3.8) is 0 Å². The maximum Gasteiger partial charge on any atom is 0.419 e. The molecule has 9 heteroatoms. The number of oxazole rings is 1. The summed E-state index contributed by atoms with van der Waals surface area (Å²) in [5.41, 5.74) is 6.64. The molecule has 0 aliphatic carbocycles. The molecular weight excluding hydrogens is 330 g/mol. The van der Waals surface area contributed by atoms with Gasteiger partial charge in [-0.05, 0) is 25.0 Å². The maximum absolute atomic E-state index is 12.6. The number of fused-ring (bicyclic) bond motifs is 1. The molecule has 2 heterocycles. The second-order valence-electron chi connectivity index (χ2n) is 5.30. The number of benzene rings is 1. The average Bonchev–Trinajstić information content (AvgIpc) is 2.74. The number of nitrogens with zero attached hydrogens (tertiary/aromatic N) is 2. The van der Waals surface area contributed by atoms with Crippen LogP contribution in [-0.4, -0.2) is 36.4 Å². The summed E-state index contributed by atoms with van der Waals surface area (Å²) >= 11 is 0. The number of piperidine rings is 1. The number of hydrogen-bond donors (Lipinski definition) is 1. The van der Waals surface area contributed by atoms with Gasteiger partial charge in [0.1, 0.15) is 0 Å². The SMILES string of the molecule is Cl.Cn1c(=O)oc2cc(S(=O)(=O)N3CCC(N)CC3)ccc21. The van der Waals surface area contributed by atoms with Crippen molar-refractivity contribution in [3.8, 4) is 0 Å². The van der Waals surface area contributed by atoms with Crippen LogP contribution in [0, 0.1) is 0 Å². The minimum atomic E-state index is -3.57. The van der Waals surface area contributed by atoms with E-state index in [-0.39, 0.29) is 28.9 Å². The van der Waals surface area contributed by atoms with Gasteiger partial charge in [-0.15, -0.1) is 12.4 Å². The molecule has 0 unspecified atom stereocenters. The zero-order valence-corrected chi connectivity index (χ0v) is 13.7. The highest BCUT2D eigenvalue weighted by molar-refractivity contribution is 7.89. The Balaban J connectivity index is 0.00000176. The van der Waals surface area contributed by atoms with Gasteiger partial charge in [-0.25, -0.2) is 13.2 Å². The van der Waals surface area contributed by atoms with Crippen molar-refractivity contribution in [3.05, 3.63) is 28.7 Å². The number of sulfonamides is 1. The lowest BCUT2D eigenvalue weighted by atomic mass is 10.1. The van der Waals surface area contributed by atoms with Gasteiger partial charge in [-0.1, -0.05) is 0 Å². The minimum absolute atomic E-state index is 0.